The van der Waals surface area contributed by atoms with E-state index in [4.69, 9.17) is 5.73 Å². The summed E-state index contributed by atoms with van der Waals surface area (Å²) in [6, 6.07) is 9.93. The molecule has 0 spiro atoms. The zero-order valence-electron chi connectivity index (χ0n) is 12.3. The van der Waals surface area contributed by atoms with Gasteiger partial charge < -0.3 is 15.7 Å². The second kappa shape index (κ2) is 9.08. The van der Waals surface area contributed by atoms with Gasteiger partial charge in [-0.3, -0.25) is 0 Å². The van der Waals surface area contributed by atoms with Crippen LogP contribution in [0.1, 0.15) is 32.3 Å². The number of hydrogen-bond acceptors (Lipinski definition) is 3. The third kappa shape index (κ3) is 6.19. The standard InChI is InChI=1S/C16H28N2O/c1-3-10-18(11-4-2)13-16(19)15(17)12-14-8-6-5-7-9-14/h5-9,15-16,19H,3-4,10-13,17H2,1-2H3. The van der Waals surface area contributed by atoms with E-state index in [9.17, 15) is 5.11 Å². The van der Waals surface area contributed by atoms with Crippen molar-refractivity contribution in [3.63, 3.8) is 0 Å². The van der Waals surface area contributed by atoms with Gasteiger partial charge in [0.1, 0.15) is 0 Å². The van der Waals surface area contributed by atoms with Gasteiger partial charge in [0.2, 0.25) is 0 Å². The van der Waals surface area contributed by atoms with Crippen molar-refractivity contribution in [2.75, 3.05) is 19.6 Å². The molecule has 0 saturated heterocycles. The number of nitrogens with zero attached hydrogens (tertiary/aromatic N) is 1. The predicted molar refractivity (Wildman–Crippen MR) is 81.2 cm³/mol. The van der Waals surface area contributed by atoms with Crippen molar-refractivity contribution >= 4 is 0 Å². The maximum Gasteiger partial charge on any atom is 0.0820 e. The Morgan fingerprint density at radius 3 is 2.21 bits per heavy atom. The third-order valence-electron chi connectivity index (χ3n) is 3.33. The summed E-state index contributed by atoms with van der Waals surface area (Å²) < 4.78 is 0. The number of aliphatic hydroxyl groups excluding tert-OH is 1. The van der Waals surface area contributed by atoms with Crippen molar-refractivity contribution in [3.8, 4) is 0 Å². The molecule has 0 radical (unpaired) electrons. The molecule has 0 saturated carbocycles. The minimum Gasteiger partial charge on any atom is -0.390 e. The van der Waals surface area contributed by atoms with Gasteiger partial charge in [-0.2, -0.15) is 0 Å². The fourth-order valence-electron chi connectivity index (χ4n) is 2.35. The molecule has 0 aliphatic carbocycles. The fraction of sp³-hybridized carbons (Fsp3) is 0.625. The first-order valence-electron chi connectivity index (χ1n) is 7.37. The Balaban J connectivity index is 2.44. The van der Waals surface area contributed by atoms with Crippen molar-refractivity contribution in [2.45, 2.75) is 45.3 Å². The van der Waals surface area contributed by atoms with Crippen LogP contribution < -0.4 is 5.73 Å². The lowest BCUT2D eigenvalue weighted by atomic mass is 10.0. The fourth-order valence-corrected chi connectivity index (χ4v) is 2.35. The van der Waals surface area contributed by atoms with Crippen LogP contribution in [0.15, 0.2) is 30.3 Å². The molecule has 1 aromatic carbocycles. The summed E-state index contributed by atoms with van der Waals surface area (Å²) in [7, 11) is 0. The molecule has 1 aromatic rings. The second-order valence-electron chi connectivity index (χ2n) is 5.22. The maximum atomic E-state index is 10.2. The molecule has 108 valence electrons. The summed E-state index contributed by atoms with van der Waals surface area (Å²) in [5.74, 6) is 0. The molecule has 0 aromatic heterocycles. The Hall–Kier alpha value is -0.900. The van der Waals surface area contributed by atoms with Gasteiger partial charge in [0.25, 0.3) is 0 Å². The molecule has 0 fully saturated rings. The van der Waals surface area contributed by atoms with Gasteiger partial charge in [-0.1, -0.05) is 44.2 Å². The molecule has 0 aliphatic heterocycles. The minimum absolute atomic E-state index is 0.196. The lowest BCUT2D eigenvalue weighted by Crippen LogP contribution is -2.45. The monoisotopic (exact) mass is 264 g/mol. The Labute approximate surface area is 117 Å². The van der Waals surface area contributed by atoms with Crippen LogP contribution in [-0.2, 0) is 6.42 Å². The summed E-state index contributed by atoms with van der Waals surface area (Å²) in [6.07, 6.45) is 2.49. The first kappa shape index (κ1) is 16.2. The molecule has 3 heteroatoms. The normalized spacial score (nSPS) is 14.6. The van der Waals surface area contributed by atoms with Gasteiger partial charge in [-0.15, -0.1) is 0 Å². The quantitative estimate of drug-likeness (QED) is 0.717. The number of rotatable bonds is 9. The summed E-state index contributed by atoms with van der Waals surface area (Å²) in [4.78, 5) is 2.30. The van der Waals surface area contributed by atoms with Crippen LogP contribution in [0, 0.1) is 0 Å². The van der Waals surface area contributed by atoms with E-state index in [2.05, 4.69) is 30.9 Å². The van der Waals surface area contributed by atoms with Crippen molar-refractivity contribution in [1.82, 2.24) is 4.90 Å². The molecule has 3 N–H and O–H groups in total. The summed E-state index contributed by atoms with van der Waals surface area (Å²) in [6.45, 7) is 7.07. The zero-order chi connectivity index (χ0) is 14.1. The van der Waals surface area contributed by atoms with Crippen LogP contribution in [0.3, 0.4) is 0 Å². The summed E-state index contributed by atoms with van der Waals surface area (Å²) in [5, 5.41) is 10.2. The van der Waals surface area contributed by atoms with Crippen molar-refractivity contribution < 1.29 is 5.11 Å². The van der Waals surface area contributed by atoms with Gasteiger partial charge in [0.05, 0.1) is 6.10 Å². The van der Waals surface area contributed by atoms with Crippen LogP contribution in [0.25, 0.3) is 0 Å². The average molecular weight is 264 g/mol. The molecule has 2 atom stereocenters. The van der Waals surface area contributed by atoms with E-state index in [1.54, 1.807) is 0 Å². The number of benzene rings is 1. The molecule has 0 bridgehead atoms. The van der Waals surface area contributed by atoms with Gasteiger partial charge in [-0.05, 0) is 37.9 Å². The molecule has 1 rings (SSSR count). The smallest absolute Gasteiger partial charge is 0.0820 e. The summed E-state index contributed by atoms with van der Waals surface area (Å²) in [5.41, 5.74) is 7.30. The van der Waals surface area contributed by atoms with Crippen LogP contribution >= 0.6 is 0 Å². The number of aliphatic hydroxyl groups is 1. The maximum absolute atomic E-state index is 10.2. The molecule has 2 unspecified atom stereocenters. The molecule has 0 heterocycles. The Morgan fingerprint density at radius 2 is 1.68 bits per heavy atom. The lowest BCUT2D eigenvalue weighted by Gasteiger charge is -2.27. The van der Waals surface area contributed by atoms with Gasteiger partial charge in [-0.25, -0.2) is 0 Å². The highest BCUT2D eigenvalue weighted by molar-refractivity contribution is 5.16. The molecular formula is C16H28N2O. The average Bonchev–Trinajstić information content (AvgIpc) is 2.40. The van der Waals surface area contributed by atoms with E-state index in [1.165, 1.54) is 5.56 Å². The first-order valence-corrected chi connectivity index (χ1v) is 7.37. The van der Waals surface area contributed by atoms with E-state index < -0.39 is 6.10 Å². The number of nitrogens with two attached hydrogens (primary N) is 1. The molecule has 0 amide bonds. The van der Waals surface area contributed by atoms with Crippen LogP contribution in [0.2, 0.25) is 0 Å². The number of hydrogen-bond donors (Lipinski definition) is 2. The van der Waals surface area contributed by atoms with Crippen LogP contribution in [0.4, 0.5) is 0 Å². The predicted octanol–water partition coefficient (Wildman–Crippen LogP) is 2.04. The molecule has 3 nitrogen and oxygen atoms in total. The Kier molecular flexibility index (Phi) is 7.72. The van der Waals surface area contributed by atoms with Gasteiger partial charge in [0, 0.05) is 12.6 Å². The van der Waals surface area contributed by atoms with E-state index in [0.717, 1.165) is 32.4 Å². The van der Waals surface area contributed by atoms with E-state index in [0.29, 0.717) is 6.54 Å². The van der Waals surface area contributed by atoms with Crippen molar-refractivity contribution in [3.05, 3.63) is 35.9 Å². The first-order chi connectivity index (χ1) is 9.17. The SMILES string of the molecule is CCCN(CCC)CC(O)C(N)Cc1ccccc1. The second-order valence-corrected chi connectivity index (χ2v) is 5.22. The van der Waals surface area contributed by atoms with Crippen LogP contribution in [0.5, 0.6) is 0 Å². The Bertz CT molecular complexity index is 323. The largest absolute Gasteiger partial charge is 0.390 e. The Morgan fingerprint density at radius 1 is 1.11 bits per heavy atom. The van der Waals surface area contributed by atoms with E-state index in [1.807, 2.05) is 18.2 Å². The van der Waals surface area contributed by atoms with E-state index in [-0.39, 0.29) is 6.04 Å². The lowest BCUT2D eigenvalue weighted by molar-refractivity contribution is 0.0907. The highest BCUT2D eigenvalue weighted by Gasteiger charge is 2.18. The minimum atomic E-state index is -0.460. The van der Waals surface area contributed by atoms with E-state index >= 15 is 0 Å². The van der Waals surface area contributed by atoms with Crippen molar-refractivity contribution in [1.29, 1.82) is 0 Å². The molecule has 0 aliphatic rings. The topological polar surface area (TPSA) is 49.5 Å². The van der Waals surface area contributed by atoms with Gasteiger partial charge >= 0.3 is 0 Å². The molecular weight excluding hydrogens is 236 g/mol. The molecule has 19 heavy (non-hydrogen) atoms. The highest BCUT2D eigenvalue weighted by atomic mass is 16.3. The van der Waals surface area contributed by atoms with Crippen LogP contribution in [-0.4, -0.2) is 41.8 Å². The van der Waals surface area contributed by atoms with Gasteiger partial charge in [0.15, 0.2) is 0 Å². The zero-order valence-corrected chi connectivity index (χ0v) is 12.3. The summed E-state index contributed by atoms with van der Waals surface area (Å²) >= 11 is 0. The third-order valence-corrected chi connectivity index (χ3v) is 3.33. The highest BCUT2D eigenvalue weighted by Crippen LogP contribution is 2.06. The van der Waals surface area contributed by atoms with Crippen molar-refractivity contribution in [2.24, 2.45) is 5.73 Å².